The Morgan fingerprint density at radius 1 is 1.45 bits per heavy atom. The summed E-state index contributed by atoms with van der Waals surface area (Å²) in [5.41, 5.74) is 5.98. The average Bonchev–Trinajstić information content (AvgIpc) is 2.34. The highest BCUT2D eigenvalue weighted by atomic mass is 127. The molecule has 20 heavy (non-hydrogen) atoms. The van der Waals surface area contributed by atoms with Crippen molar-refractivity contribution < 1.29 is 9.18 Å². The van der Waals surface area contributed by atoms with Crippen molar-refractivity contribution in [3.8, 4) is 0 Å². The molecule has 0 bridgehead atoms. The molecule has 0 aliphatic rings. The predicted octanol–water partition coefficient (Wildman–Crippen LogP) is 1.94. The second-order valence-electron chi connectivity index (χ2n) is 4.53. The first-order valence-electron chi connectivity index (χ1n) is 6.06. The highest BCUT2D eigenvalue weighted by molar-refractivity contribution is 14.0. The summed E-state index contributed by atoms with van der Waals surface area (Å²) >= 11 is 0. The van der Waals surface area contributed by atoms with E-state index in [0.29, 0.717) is 18.2 Å². The molecule has 0 aliphatic heterocycles. The van der Waals surface area contributed by atoms with Gasteiger partial charge in [-0.2, -0.15) is 0 Å². The number of benzene rings is 1. The van der Waals surface area contributed by atoms with Gasteiger partial charge < -0.3 is 16.4 Å². The summed E-state index contributed by atoms with van der Waals surface area (Å²) in [4.78, 5) is 15.4. The largest absolute Gasteiger partial charge is 0.370 e. The van der Waals surface area contributed by atoms with Gasteiger partial charge in [0.25, 0.3) is 0 Å². The lowest BCUT2D eigenvalue weighted by atomic mass is 10.2. The molecule has 7 heteroatoms. The smallest absolute Gasteiger partial charge is 0.246 e. The van der Waals surface area contributed by atoms with E-state index in [0.717, 1.165) is 0 Å². The minimum Gasteiger partial charge on any atom is -0.370 e. The standard InChI is InChI=1S/C13H19FN4O.HI/c1-9(2)7-16-13(15)17-8-12(19)18-11-5-3-4-10(14)6-11;/h3-6,9H,7-8H2,1-2H3,(H,18,19)(H3,15,16,17);1H. The van der Waals surface area contributed by atoms with Gasteiger partial charge in [-0.1, -0.05) is 19.9 Å². The Morgan fingerprint density at radius 3 is 2.75 bits per heavy atom. The van der Waals surface area contributed by atoms with Gasteiger partial charge in [0.2, 0.25) is 5.91 Å². The van der Waals surface area contributed by atoms with E-state index in [1.807, 2.05) is 13.8 Å². The van der Waals surface area contributed by atoms with Gasteiger partial charge in [-0.15, -0.1) is 24.0 Å². The number of nitrogens with zero attached hydrogens (tertiary/aromatic N) is 1. The van der Waals surface area contributed by atoms with Crippen LogP contribution in [0.5, 0.6) is 0 Å². The highest BCUT2D eigenvalue weighted by Gasteiger charge is 2.02. The van der Waals surface area contributed by atoms with Crippen molar-refractivity contribution in [2.45, 2.75) is 13.8 Å². The van der Waals surface area contributed by atoms with E-state index in [-0.39, 0.29) is 42.4 Å². The van der Waals surface area contributed by atoms with E-state index >= 15 is 0 Å². The van der Waals surface area contributed by atoms with Gasteiger partial charge in [-0.3, -0.25) is 4.79 Å². The minimum atomic E-state index is -0.403. The van der Waals surface area contributed by atoms with E-state index in [2.05, 4.69) is 15.6 Å². The summed E-state index contributed by atoms with van der Waals surface area (Å²) in [5.74, 6) is -0.0859. The van der Waals surface area contributed by atoms with Crippen molar-refractivity contribution in [3.63, 3.8) is 0 Å². The number of carbonyl (C=O) groups is 1. The Bertz CT molecular complexity index is 465. The van der Waals surface area contributed by atoms with Gasteiger partial charge in [-0.25, -0.2) is 9.38 Å². The van der Waals surface area contributed by atoms with Crippen LogP contribution in [0.4, 0.5) is 10.1 Å². The fraction of sp³-hybridized carbons (Fsp3) is 0.385. The van der Waals surface area contributed by atoms with Crippen LogP contribution in [0.3, 0.4) is 0 Å². The van der Waals surface area contributed by atoms with Crippen LogP contribution in [0.15, 0.2) is 29.3 Å². The van der Waals surface area contributed by atoms with Crippen LogP contribution in [-0.2, 0) is 4.79 Å². The lowest BCUT2D eigenvalue weighted by Crippen LogP contribution is -2.35. The Kier molecular flexibility index (Phi) is 8.86. The number of rotatable bonds is 5. The molecule has 0 aliphatic carbocycles. The molecule has 0 unspecified atom stereocenters. The molecule has 0 aromatic heterocycles. The second-order valence-corrected chi connectivity index (χ2v) is 4.53. The molecule has 0 spiro atoms. The summed E-state index contributed by atoms with van der Waals surface area (Å²) in [7, 11) is 0. The molecule has 1 aromatic carbocycles. The average molecular weight is 394 g/mol. The predicted molar refractivity (Wildman–Crippen MR) is 89.8 cm³/mol. The Morgan fingerprint density at radius 2 is 2.15 bits per heavy atom. The molecular formula is C13H20FIN4O. The highest BCUT2D eigenvalue weighted by Crippen LogP contribution is 2.08. The SMILES string of the molecule is CC(C)CNC(N)=NCC(=O)Nc1cccc(F)c1.I. The van der Waals surface area contributed by atoms with Gasteiger partial charge in [0.15, 0.2) is 5.96 Å². The zero-order valence-corrected chi connectivity index (χ0v) is 13.9. The van der Waals surface area contributed by atoms with Crippen LogP contribution in [0.1, 0.15) is 13.8 Å². The monoisotopic (exact) mass is 394 g/mol. The number of anilines is 1. The molecule has 1 aromatic rings. The van der Waals surface area contributed by atoms with Crippen molar-refractivity contribution in [2.75, 3.05) is 18.4 Å². The third-order valence-corrected chi connectivity index (χ3v) is 2.19. The van der Waals surface area contributed by atoms with Crippen LogP contribution in [-0.4, -0.2) is 25.0 Å². The Labute approximate surface area is 135 Å². The summed E-state index contributed by atoms with van der Waals surface area (Å²) < 4.78 is 12.9. The summed E-state index contributed by atoms with van der Waals surface area (Å²) in [6, 6.07) is 5.67. The van der Waals surface area contributed by atoms with Gasteiger partial charge in [0.05, 0.1) is 0 Å². The normalized spacial score (nSPS) is 10.9. The number of halogens is 2. The molecule has 0 saturated heterocycles. The van der Waals surface area contributed by atoms with Crippen molar-refractivity contribution in [1.82, 2.24) is 5.32 Å². The van der Waals surface area contributed by atoms with E-state index < -0.39 is 5.82 Å². The first-order valence-corrected chi connectivity index (χ1v) is 6.06. The quantitative estimate of drug-likeness (QED) is 0.406. The van der Waals surface area contributed by atoms with Crippen molar-refractivity contribution >= 4 is 41.5 Å². The van der Waals surface area contributed by atoms with Crippen molar-refractivity contribution in [3.05, 3.63) is 30.1 Å². The number of nitrogens with one attached hydrogen (secondary N) is 2. The van der Waals surface area contributed by atoms with Crippen LogP contribution in [0.2, 0.25) is 0 Å². The number of hydrogen-bond acceptors (Lipinski definition) is 2. The van der Waals surface area contributed by atoms with Crippen molar-refractivity contribution in [2.24, 2.45) is 16.6 Å². The number of carbonyl (C=O) groups excluding carboxylic acids is 1. The number of aliphatic imine (C=N–C) groups is 1. The van der Waals surface area contributed by atoms with Gasteiger partial charge in [0.1, 0.15) is 12.4 Å². The molecule has 0 radical (unpaired) electrons. The zero-order chi connectivity index (χ0) is 14.3. The number of guanidine groups is 1. The Hall–Kier alpha value is -1.38. The number of hydrogen-bond donors (Lipinski definition) is 3. The number of amides is 1. The van der Waals surface area contributed by atoms with Crippen LogP contribution < -0.4 is 16.4 Å². The summed E-state index contributed by atoms with van der Waals surface area (Å²) in [6.45, 7) is 4.67. The maximum absolute atomic E-state index is 12.9. The van der Waals surface area contributed by atoms with Gasteiger partial charge in [-0.05, 0) is 24.1 Å². The minimum absolute atomic E-state index is 0. The lowest BCUT2D eigenvalue weighted by Gasteiger charge is -2.08. The topological polar surface area (TPSA) is 79.5 Å². The lowest BCUT2D eigenvalue weighted by molar-refractivity contribution is -0.114. The molecule has 112 valence electrons. The fourth-order valence-corrected chi connectivity index (χ4v) is 1.29. The maximum Gasteiger partial charge on any atom is 0.246 e. The van der Waals surface area contributed by atoms with Gasteiger partial charge in [0, 0.05) is 12.2 Å². The third kappa shape index (κ3) is 7.93. The molecule has 1 amide bonds. The maximum atomic E-state index is 12.9. The van der Waals surface area contributed by atoms with Crippen LogP contribution in [0.25, 0.3) is 0 Å². The summed E-state index contributed by atoms with van der Waals surface area (Å²) in [5, 5.41) is 5.43. The molecule has 0 atom stereocenters. The van der Waals surface area contributed by atoms with Gasteiger partial charge >= 0.3 is 0 Å². The molecule has 0 fully saturated rings. The Balaban J connectivity index is 0.00000361. The first kappa shape index (κ1) is 18.6. The van der Waals surface area contributed by atoms with E-state index in [1.54, 1.807) is 6.07 Å². The van der Waals surface area contributed by atoms with E-state index in [9.17, 15) is 9.18 Å². The fourth-order valence-electron chi connectivity index (χ4n) is 1.29. The molecule has 0 saturated carbocycles. The van der Waals surface area contributed by atoms with Crippen molar-refractivity contribution in [1.29, 1.82) is 0 Å². The zero-order valence-electron chi connectivity index (χ0n) is 11.5. The molecule has 1 rings (SSSR count). The van der Waals surface area contributed by atoms with Crippen LogP contribution in [0, 0.1) is 11.7 Å². The molecular weight excluding hydrogens is 374 g/mol. The molecule has 5 nitrogen and oxygen atoms in total. The molecule has 0 heterocycles. The second kappa shape index (κ2) is 9.51. The molecule has 4 N–H and O–H groups in total. The van der Waals surface area contributed by atoms with Crippen LogP contribution >= 0.6 is 24.0 Å². The first-order chi connectivity index (χ1) is 8.97. The number of nitrogens with two attached hydrogens (primary N) is 1. The summed E-state index contributed by atoms with van der Waals surface area (Å²) in [6.07, 6.45) is 0. The van der Waals surface area contributed by atoms with E-state index in [4.69, 9.17) is 5.73 Å². The van der Waals surface area contributed by atoms with E-state index in [1.165, 1.54) is 18.2 Å². The third-order valence-electron chi connectivity index (χ3n) is 2.19.